The van der Waals surface area contributed by atoms with Gasteiger partial charge in [0.2, 0.25) is 5.91 Å². The summed E-state index contributed by atoms with van der Waals surface area (Å²) >= 11 is 0. The quantitative estimate of drug-likeness (QED) is 0.839. The van der Waals surface area contributed by atoms with Crippen molar-refractivity contribution in [3.8, 4) is 0 Å². The summed E-state index contributed by atoms with van der Waals surface area (Å²) in [4.78, 5) is 17.9. The van der Waals surface area contributed by atoms with Gasteiger partial charge in [0.15, 0.2) is 0 Å². The zero-order valence-electron chi connectivity index (χ0n) is 11.9. The summed E-state index contributed by atoms with van der Waals surface area (Å²) in [6, 6.07) is 0.782. The van der Waals surface area contributed by atoms with Gasteiger partial charge in [0, 0.05) is 19.2 Å². The highest BCUT2D eigenvalue weighted by molar-refractivity contribution is 5.87. The normalized spacial score (nSPS) is 32.6. The minimum absolute atomic E-state index is 0.147. The first kappa shape index (κ1) is 14.4. The fourth-order valence-corrected chi connectivity index (χ4v) is 3.54. The molecule has 0 aromatic carbocycles. The van der Waals surface area contributed by atoms with Gasteiger partial charge in [0.1, 0.15) is 11.2 Å². The molecule has 21 heavy (non-hydrogen) atoms. The lowest BCUT2D eigenvalue weighted by Crippen LogP contribution is -2.44. The van der Waals surface area contributed by atoms with E-state index in [4.69, 9.17) is 0 Å². The minimum Gasteiger partial charge on any atom is -0.332 e. The Morgan fingerprint density at radius 3 is 2.71 bits per heavy atom. The standard InChI is InChI=1S/C15H17F3N2O/c1-14(15(2,17)18)6-11-3-4-12(20(11)13(14)21)9-5-10(16)8-19-7-9/h5,7-8,11-12H,3-4,6H2,1-2H3/t11-,12+,14-/m0/s1. The maximum absolute atomic E-state index is 13.8. The fraction of sp³-hybridized carbons (Fsp3) is 0.600. The number of carbonyl (C=O) groups is 1. The third kappa shape index (κ3) is 2.03. The molecule has 2 saturated heterocycles. The van der Waals surface area contributed by atoms with E-state index in [0.29, 0.717) is 18.4 Å². The van der Waals surface area contributed by atoms with Crippen molar-refractivity contribution in [3.05, 3.63) is 29.8 Å². The fourth-order valence-electron chi connectivity index (χ4n) is 3.54. The largest absolute Gasteiger partial charge is 0.332 e. The summed E-state index contributed by atoms with van der Waals surface area (Å²) in [6.45, 7) is 2.13. The number of hydrogen-bond donors (Lipinski definition) is 0. The number of halogens is 3. The van der Waals surface area contributed by atoms with Crippen LogP contribution in [0.3, 0.4) is 0 Å². The molecule has 114 valence electrons. The molecule has 1 aromatic rings. The van der Waals surface area contributed by atoms with Crippen molar-refractivity contribution in [2.45, 2.75) is 51.1 Å². The molecular formula is C15H17F3N2O. The molecule has 2 fully saturated rings. The lowest BCUT2D eigenvalue weighted by molar-refractivity contribution is -0.156. The number of amides is 1. The molecule has 2 aliphatic heterocycles. The molecular weight excluding hydrogens is 281 g/mol. The van der Waals surface area contributed by atoms with E-state index in [-0.39, 0.29) is 18.5 Å². The molecule has 3 heterocycles. The van der Waals surface area contributed by atoms with Gasteiger partial charge < -0.3 is 4.90 Å². The predicted molar refractivity (Wildman–Crippen MR) is 70.1 cm³/mol. The molecule has 0 spiro atoms. The first-order chi connectivity index (χ1) is 9.74. The Hall–Kier alpha value is -1.59. The monoisotopic (exact) mass is 298 g/mol. The van der Waals surface area contributed by atoms with Gasteiger partial charge in [-0.05, 0) is 37.8 Å². The molecule has 3 nitrogen and oxygen atoms in total. The summed E-state index contributed by atoms with van der Waals surface area (Å²) in [7, 11) is 0. The number of nitrogens with zero attached hydrogens (tertiary/aromatic N) is 2. The molecule has 3 rings (SSSR count). The first-order valence-electron chi connectivity index (χ1n) is 7.05. The maximum Gasteiger partial charge on any atom is 0.259 e. The summed E-state index contributed by atoms with van der Waals surface area (Å²) in [5.41, 5.74) is -1.09. The van der Waals surface area contributed by atoms with Gasteiger partial charge in [-0.2, -0.15) is 0 Å². The van der Waals surface area contributed by atoms with Crippen LogP contribution in [0.4, 0.5) is 13.2 Å². The van der Waals surface area contributed by atoms with Crippen molar-refractivity contribution < 1.29 is 18.0 Å². The molecule has 0 N–H and O–H groups in total. The van der Waals surface area contributed by atoms with Gasteiger partial charge in [-0.1, -0.05) is 0 Å². The van der Waals surface area contributed by atoms with E-state index in [9.17, 15) is 18.0 Å². The second-order valence-electron chi connectivity index (χ2n) is 6.32. The smallest absolute Gasteiger partial charge is 0.259 e. The van der Waals surface area contributed by atoms with Crippen LogP contribution in [0.5, 0.6) is 0 Å². The Bertz CT molecular complexity index is 587. The Morgan fingerprint density at radius 1 is 1.38 bits per heavy atom. The van der Waals surface area contributed by atoms with Crippen LogP contribution in [0.15, 0.2) is 18.5 Å². The van der Waals surface area contributed by atoms with Gasteiger partial charge in [-0.25, -0.2) is 13.2 Å². The van der Waals surface area contributed by atoms with E-state index < -0.39 is 23.1 Å². The lowest BCUT2D eigenvalue weighted by atomic mass is 9.80. The minimum atomic E-state index is -3.07. The van der Waals surface area contributed by atoms with Crippen LogP contribution in [-0.2, 0) is 4.79 Å². The van der Waals surface area contributed by atoms with E-state index in [1.165, 1.54) is 24.1 Å². The number of rotatable bonds is 2. The van der Waals surface area contributed by atoms with E-state index in [2.05, 4.69) is 4.98 Å². The molecule has 0 bridgehead atoms. The zero-order valence-corrected chi connectivity index (χ0v) is 11.9. The van der Waals surface area contributed by atoms with Gasteiger partial charge in [-0.3, -0.25) is 9.78 Å². The summed E-state index contributed by atoms with van der Waals surface area (Å²) in [6.07, 6.45) is 4.06. The third-order valence-electron chi connectivity index (χ3n) is 4.93. The number of aromatic nitrogens is 1. The number of carbonyl (C=O) groups excluding carboxylic acids is 1. The molecule has 0 unspecified atom stereocenters. The zero-order chi connectivity index (χ0) is 15.4. The third-order valence-corrected chi connectivity index (χ3v) is 4.93. The topological polar surface area (TPSA) is 33.2 Å². The van der Waals surface area contributed by atoms with Gasteiger partial charge in [-0.15, -0.1) is 0 Å². The molecule has 2 aliphatic rings. The molecule has 0 aliphatic carbocycles. The Balaban J connectivity index is 1.95. The SMILES string of the molecule is CC(F)(F)[C@@]1(C)C[C@@H]2CC[C@H](c3cncc(F)c3)N2C1=O. The highest BCUT2D eigenvalue weighted by atomic mass is 19.3. The second kappa shape index (κ2) is 4.45. The van der Waals surface area contributed by atoms with Crippen LogP contribution >= 0.6 is 0 Å². The summed E-state index contributed by atoms with van der Waals surface area (Å²) < 4.78 is 41.0. The molecule has 3 atom stereocenters. The number of pyridine rings is 1. The average Bonchev–Trinajstić information content (AvgIpc) is 2.89. The van der Waals surface area contributed by atoms with Crippen molar-refractivity contribution in [1.82, 2.24) is 9.88 Å². The molecule has 1 aromatic heterocycles. The summed E-state index contributed by atoms with van der Waals surface area (Å²) in [5.74, 6) is -4.09. The van der Waals surface area contributed by atoms with Crippen LogP contribution in [0.25, 0.3) is 0 Å². The van der Waals surface area contributed by atoms with Crippen molar-refractivity contribution in [1.29, 1.82) is 0 Å². The van der Waals surface area contributed by atoms with E-state index >= 15 is 0 Å². The number of hydrogen-bond acceptors (Lipinski definition) is 2. The van der Waals surface area contributed by atoms with Crippen LogP contribution in [0.2, 0.25) is 0 Å². The lowest BCUT2D eigenvalue weighted by Gasteiger charge is -2.31. The first-order valence-corrected chi connectivity index (χ1v) is 7.05. The Morgan fingerprint density at radius 2 is 2.10 bits per heavy atom. The molecule has 0 radical (unpaired) electrons. The van der Waals surface area contributed by atoms with E-state index in [0.717, 1.165) is 13.1 Å². The second-order valence-corrected chi connectivity index (χ2v) is 6.32. The van der Waals surface area contributed by atoms with E-state index in [1.807, 2.05) is 0 Å². The van der Waals surface area contributed by atoms with Crippen LogP contribution < -0.4 is 0 Å². The molecule has 6 heteroatoms. The van der Waals surface area contributed by atoms with Gasteiger partial charge >= 0.3 is 0 Å². The maximum atomic E-state index is 13.8. The van der Waals surface area contributed by atoms with Gasteiger partial charge in [0.05, 0.1) is 12.2 Å². The van der Waals surface area contributed by atoms with Crippen LogP contribution in [-0.4, -0.2) is 27.8 Å². The Kier molecular flexibility index (Phi) is 3.04. The van der Waals surface area contributed by atoms with Crippen molar-refractivity contribution in [3.63, 3.8) is 0 Å². The van der Waals surface area contributed by atoms with Crippen LogP contribution in [0.1, 0.15) is 44.7 Å². The van der Waals surface area contributed by atoms with Crippen molar-refractivity contribution in [2.24, 2.45) is 5.41 Å². The number of fused-ring (bicyclic) bond motifs is 1. The van der Waals surface area contributed by atoms with Gasteiger partial charge in [0.25, 0.3) is 5.92 Å². The van der Waals surface area contributed by atoms with E-state index in [1.54, 1.807) is 0 Å². The van der Waals surface area contributed by atoms with Crippen LogP contribution in [0, 0.1) is 11.2 Å². The highest BCUT2D eigenvalue weighted by Crippen LogP contribution is 2.54. The van der Waals surface area contributed by atoms with Crippen molar-refractivity contribution in [2.75, 3.05) is 0 Å². The summed E-state index contributed by atoms with van der Waals surface area (Å²) in [5, 5.41) is 0. The Labute approximate surface area is 121 Å². The average molecular weight is 298 g/mol. The predicted octanol–water partition coefficient (Wildman–Crippen LogP) is 3.32. The molecule has 1 amide bonds. The highest BCUT2D eigenvalue weighted by Gasteiger charge is 2.62. The molecule has 0 saturated carbocycles. The number of alkyl halides is 2. The van der Waals surface area contributed by atoms with Crippen molar-refractivity contribution >= 4 is 5.91 Å².